The average Bonchev–Trinajstić information content (AvgIpc) is 2.67. The van der Waals surface area contributed by atoms with Crippen molar-refractivity contribution in [2.24, 2.45) is 0 Å². The molecule has 1 amide bonds. The van der Waals surface area contributed by atoms with Crippen molar-refractivity contribution in [1.82, 2.24) is 5.32 Å². The number of methoxy groups -OCH3 is 1. The molecular formula is C20H20F2N2O5. The highest BCUT2D eigenvalue weighted by molar-refractivity contribution is 5.99. The minimum absolute atomic E-state index is 0.192. The lowest BCUT2D eigenvalue weighted by Gasteiger charge is -2.42. The standard InChI is InChI=1S/C20H20F2N2O5/c1-28-16-10-14(15(24(26)27)11-17(16)29-19(21)22)18(25)23-12-20(8-5-9-20)13-6-3-2-4-7-13/h2-4,6-7,10-11,19H,5,8-9,12H2,1H3,(H,23,25). The van der Waals surface area contributed by atoms with Crippen LogP contribution in [-0.4, -0.2) is 31.1 Å². The molecule has 0 radical (unpaired) electrons. The van der Waals surface area contributed by atoms with Crippen LogP contribution in [0.15, 0.2) is 42.5 Å². The quantitative estimate of drug-likeness (QED) is 0.527. The van der Waals surface area contributed by atoms with E-state index in [4.69, 9.17) is 4.74 Å². The molecule has 0 atom stereocenters. The van der Waals surface area contributed by atoms with E-state index in [2.05, 4.69) is 10.1 Å². The van der Waals surface area contributed by atoms with Crippen molar-refractivity contribution >= 4 is 11.6 Å². The van der Waals surface area contributed by atoms with Gasteiger partial charge in [0, 0.05) is 18.0 Å². The molecule has 7 nitrogen and oxygen atoms in total. The van der Waals surface area contributed by atoms with Crippen molar-refractivity contribution in [3.05, 3.63) is 63.7 Å². The Balaban J connectivity index is 1.85. The summed E-state index contributed by atoms with van der Waals surface area (Å²) >= 11 is 0. The average molecular weight is 406 g/mol. The molecule has 29 heavy (non-hydrogen) atoms. The number of hydrogen-bond donors (Lipinski definition) is 1. The number of benzene rings is 2. The van der Waals surface area contributed by atoms with Gasteiger partial charge in [-0.1, -0.05) is 36.8 Å². The van der Waals surface area contributed by atoms with Gasteiger partial charge in [-0.25, -0.2) is 0 Å². The molecular weight excluding hydrogens is 386 g/mol. The number of amides is 1. The second-order valence-corrected chi connectivity index (χ2v) is 6.84. The molecule has 0 spiro atoms. The van der Waals surface area contributed by atoms with Gasteiger partial charge in [0.25, 0.3) is 11.6 Å². The van der Waals surface area contributed by atoms with Crippen LogP contribution < -0.4 is 14.8 Å². The molecule has 0 heterocycles. The lowest BCUT2D eigenvalue weighted by Crippen LogP contribution is -2.45. The molecule has 1 aliphatic rings. The number of nitro benzene ring substituents is 1. The van der Waals surface area contributed by atoms with Gasteiger partial charge in [-0.2, -0.15) is 8.78 Å². The van der Waals surface area contributed by atoms with Gasteiger partial charge >= 0.3 is 6.61 Å². The van der Waals surface area contributed by atoms with E-state index in [1.807, 2.05) is 30.3 Å². The van der Waals surface area contributed by atoms with Gasteiger partial charge < -0.3 is 14.8 Å². The molecule has 1 saturated carbocycles. The van der Waals surface area contributed by atoms with Gasteiger partial charge in [-0.05, 0) is 18.4 Å². The van der Waals surface area contributed by atoms with Crippen LogP contribution in [0.4, 0.5) is 14.5 Å². The third-order valence-electron chi connectivity index (χ3n) is 5.22. The lowest BCUT2D eigenvalue weighted by atomic mass is 9.64. The molecule has 154 valence electrons. The van der Waals surface area contributed by atoms with Crippen LogP contribution in [0, 0.1) is 10.1 Å². The van der Waals surface area contributed by atoms with Gasteiger partial charge in [0.15, 0.2) is 11.5 Å². The van der Waals surface area contributed by atoms with Crippen LogP contribution in [0.25, 0.3) is 0 Å². The Morgan fingerprint density at radius 3 is 2.45 bits per heavy atom. The number of carbonyl (C=O) groups excluding carboxylic acids is 1. The second-order valence-electron chi connectivity index (χ2n) is 6.84. The van der Waals surface area contributed by atoms with E-state index >= 15 is 0 Å². The maximum absolute atomic E-state index is 12.7. The molecule has 0 aromatic heterocycles. The summed E-state index contributed by atoms with van der Waals surface area (Å²) in [5, 5.41) is 14.2. The number of alkyl halides is 2. The summed E-state index contributed by atoms with van der Waals surface area (Å²) < 4.78 is 34.3. The van der Waals surface area contributed by atoms with E-state index < -0.39 is 28.9 Å². The van der Waals surface area contributed by atoms with Gasteiger partial charge in [0.05, 0.1) is 18.1 Å². The van der Waals surface area contributed by atoms with Crippen molar-refractivity contribution < 1.29 is 28.0 Å². The molecule has 0 saturated heterocycles. The Kier molecular flexibility index (Phi) is 5.95. The maximum atomic E-state index is 12.7. The molecule has 1 fully saturated rings. The fourth-order valence-electron chi connectivity index (χ4n) is 3.54. The monoisotopic (exact) mass is 406 g/mol. The molecule has 0 bridgehead atoms. The summed E-state index contributed by atoms with van der Waals surface area (Å²) in [5.74, 6) is -1.38. The first-order valence-corrected chi connectivity index (χ1v) is 9.01. The van der Waals surface area contributed by atoms with Gasteiger partial charge in [-0.15, -0.1) is 0 Å². The van der Waals surface area contributed by atoms with Crippen LogP contribution in [-0.2, 0) is 5.41 Å². The third kappa shape index (κ3) is 4.28. The Hall–Kier alpha value is -3.23. The number of nitro groups is 1. The molecule has 9 heteroatoms. The summed E-state index contributed by atoms with van der Waals surface area (Å²) in [4.78, 5) is 23.3. The number of nitrogens with one attached hydrogen (secondary N) is 1. The van der Waals surface area contributed by atoms with Crippen LogP contribution in [0.5, 0.6) is 11.5 Å². The smallest absolute Gasteiger partial charge is 0.387 e. The highest BCUT2D eigenvalue weighted by Crippen LogP contribution is 2.43. The van der Waals surface area contributed by atoms with E-state index in [-0.39, 0.29) is 16.7 Å². The largest absolute Gasteiger partial charge is 0.493 e. The molecule has 0 aliphatic heterocycles. The van der Waals surface area contributed by atoms with Gasteiger partial charge in [0.1, 0.15) is 5.56 Å². The minimum atomic E-state index is -3.19. The van der Waals surface area contributed by atoms with Crippen LogP contribution >= 0.6 is 0 Å². The molecule has 1 N–H and O–H groups in total. The number of carbonyl (C=O) groups is 1. The first-order chi connectivity index (χ1) is 13.9. The zero-order chi connectivity index (χ0) is 21.0. The van der Waals surface area contributed by atoms with Crippen molar-refractivity contribution in [1.29, 1.82) is 0 Å². The zero-order valence-corrected chi connectivity index (χ0v) is 15.7. The molecule has 0 unspecified atom stereocenters. The van der Waals surface area contributed by atoms with E-state index in [0.717, 1.165) is 37.0 Å². The van der Waals surface area contributed by atoms with Gasteiger partial charge in [-0.3, -0.25) is 14.9 Å². The first-order valence-electron chi connectivity index (χ1n) is 9.01. The van der Waals surface area contributed by atoms with Crippen LogP contribution in [0.3, 0.4) is 0 Å². The highest BCUT2D eigenvalue weighted by atomic mass is 19.3. The highest BCUT2D eigenvalue weighted by Gasteiger charge is 2.39. The fourth-order valence-corrected chi connectivity index (χ4v) is 3.54. The lowest BCUT2D eigenvalue weighted by molar-refractivity contribution is -0.385. The van der Waals surface area contributed by atoms with Crippen molar-refractivity contribution in [2.75, 3.05) is 13.7 Å². The number of halogens is 2. The van der Waals surface area contributed by atoms with E-state index in [9.17, 15) is 23.7 Å². The predicted octanol–water partition coefficient (Wildman–Crippen LogP) is 4.06. The zero-order valence-electron chi connectivity index (χ0n) is 15.7. The summed E-state index contributed by atoms with van der Waals surface area (Å²) in [6.45, 7) is -2.88. The number of hydrogen-bond acceptors (Lipinski definition) is 5. The SMILES string of the molecule is COc1cc(C(=O)NCC2(c3ccccc3)CCC2)c([N+](=O)[O-])cc1OC(F)F. The summed E-state index contributed by atoms with van der Waals surface area (Å²) in [5.41, 5.74) is -0.0363. The Morgan fingerprint density at radius 2 is 1.93 bits per heavy atom. The normalized spacial score (nSPS) is 14.8. The van der Waals surface area contributed by atoms with E-state index in [1.165, 1.54) is 7.11 Å². The van der Waals surface area contributed by atoms with Crippen LogP contribution in [0.1, 0.15) is 35.2 Å². The van der Waals surface area contributed by atoms with Crippen molar-refractivity contribution in [3.63, 3.8) is 0 Å². The van der Waals surface area contributed by atoms with Crippen molar-refractivity contribution in [3.8, 4) is 11.5 Å². The maximum Gasteiger partial charge on any atom is 0.387 e. The summed E-state index contributed by atoms with van der Waals surface area (Å²) in [6.07, 6.45) is 2.81. The third-order valence-corrected chi connectivity index (χ3v) is 5.22. The molecule has 2 aromatic carbocycles. The van der Waals surface area contributed by atoms with Gasteiger partial charge in [0.2, 0.25) is 0 Å². The molecule has 2 aromatic rings. The molecule has 1 aliphatic carbocycles. The number of ether oxygens (including phenoxy) is 2. The Labute approximate surface area is 165 Å². The molecule has 3 rings (SSSR count). The van der Waals surface area contributed by atoms with Crippen LogP contribution in [0.2, 0.25) is 0 Å². The first kappa shape index (κ1) is 20.5. The Bertz CT molecular complexity index is 901. The minimum Gasteiger partial charge on any atom is -0.493 e. The van der Waals surface area contributed by atoms with E-state index in [1.54, 1.807) is 0 Å². The Morgan fingerprint density at radius 1 is 1.24 bits per heavy atom. The summed E-state index contributed by atoms with van der Waals surface area (Å²) in [6, 6.07) is 11.6. The predicted molar refractivity (Wildman–Crippen MR) is 101 cm³/mol. The summed E-state index contributed by atoms with van der Waals surface area (Å²) in [7, 11) is 1.19. The second kappa shape index (κ2) is 8.42. The fraction of sp³-hybridized carbons (Fsp3) is 0.350. The number of nitrogens with zero attached hydrogens (tertiary/aromatic N) is 1. The number of rotatable bonds is 8. The topological polar surface area (TPSA) is 90.7 Å². The van der Waals surface area contributed by atoms with E-state index in [0.29, 0.717) is 6.54 Å². The van der Waals surface area contributed by atoms with Crippen molar-refractivity contribution in [2.45, 2.75) is 31.3 Å².